The summed E-state index contributed by atoms with van der Waals surface area (Å²) in [5, 5.41) is 34.4. The number of benzene rings is 5. The molecule has 5 aromatic carbocycles. The Morgan fingerprint density at radius 3 is 1.56 bits per heavy atom. The Balaban J connectivity index is 1.01. The third-order valence-electron chi connectivity index (χ3n) is 9.26. The number of carbonyl (C=O) groups excluding carboxylic acids is 2. The zero-order chi connectivity index (χ0) is 42.1. The zero-order valence-corrected chi connectivity index (χ0v) is 33.9. The summed E-state index contributed by atoms with van der Waals surface area (Å²) in [6.45, 7) is 9.48. The van der Waals surface area contributed by atoms with Crippen LogP contribution in [0.25, 0.3) is 0 Å². The smallest absolute Gasteiger partial charge is 0.311 e. The van der Waals surface area contributed by atoms with Crippen LogP contribution in [-0.4, -0.2) is 38.4 Å². The van der Waals surface area contributed by atoms with Crippen molar-refractivity contribution in [2.45, 2.75) is 47.5 Å². The molecule has 1 atom stereocenters. The van der Waals surface area contributed by atoms with Gasteiger partial charge in [0.15, 0.2) is 0 Å². The number of esters is 2. The van der Waals surface area contributed by atoms with Gasteiger partial charge in [0.25, 0.3) is 0 Å². The molecule has 13 nitrogen and oxygen atoms in total. The number of rotatable bonds is 19. The first-order valence-electron chi connectivity index (χ1n) is 19.2. The molecule has 5 aromatic rings. The first kappa shape index (κ1) is 43.1. The first-order chi connectivity index (χ1) is 28.5. The van der Waals surface area contributed by atoms with E-state index in [1.54, 1.807) is 81.4 Å². The van der Waals surface area contributed by atoms with Crippen molar-refractivity contribution in [3.05, 3.63) is 132 Å². The fourth-order valence-electron chi connectivity index (χ4n) is 5.83. The number of aryl methyl sites for hydroxylation is 1. The molecule has 0 aliphatic carbocycles. The van der Waals surface area contributed by atoms with Crippen molar-refractivity contribution in [2.75, 3.05) is 26.4 Å². The van der Waals surface area contributed by atoms with Gasteiger partial charge in [-0.15, -0.1) is 0 Å². The molecule has 0 heterocycles. The number of hydrogen-bond acceptors (Lipinski definition) is 13. The molecule has 0 spiro atoms. The van der Waals surface area contributed by atoms with Crippen molar-refractivity contribution in [3.8, 4) is 17.6 Å². The Kier molecular flexibility index (Phi) is 15.3. The molecule has 0 radical (unpaired) electrons. The van der Waals surface area contributed by atoms with Crippen molar-refractivity contribution in [2.24, 2.45) is 41.5 Å². The molecule has 1 unspecified atom stereocenters. The maximum absolute atomic E-state index is 13.3. The topological polar surface area (TPSA) is 169 Å². The van der Waals surface area contributed by atoms with Crippen LogP contribution in [0.5, 0.6) is 11.5 Å². The molecule has 0 aliphatic heterocycles. The molecule has 0 aliphatic rings. The van der Waals surface area contributed by atoms with Crippen LogP contribution >= 0.6 is 0 Å². The molecule has 302 valence electrons. The Labute approximate surface area is 344 Å². The van der Waals surface area contributed by atoms with Gasteiger partial charge in [0.05, 0.1) is 56.6 Å². The molecule has 13 heteroatoms. The zero-order valence-electron chi connectivity index (χ0n) is 33.9. The van der Waals surface area contributed by atoms with E-state index in [1.165, 1.54) is 0 Å². The fraction of sp³-hybridized carbons (Fsp3) is 0.283. The number of nitrogens with zero attached hydrogens (tertiary/aromatic N) is 7. The summed E-state index contributed by atoms with van der Waals surface area (Å²) in [7, 11) is 0. The number of hydrogen-bond donors (Lipinski definition) is 0. The SMILES string of the molecule is CCC(C)(CC(C)(C)C(=O)OCCOc1ccc(N=Nc2ccc(C#N)cc2)cc1)C(=O)OCCOc1ccc(N=Nc2ccc(N=Nc3ccccc3)cc2)cc1C. The quantitative estimate of drug-likeness (QED) is 0.0455. The lowest BCUT2D eigenvalue weighted by Gasteiger charge is -2.33. The summed E-state index contributed by atoms with van der Waals surface area (Å²) < 4.78 is 22.8. The van der Waals surface area contributed by atoms with Gasteiger partial charge in [-0.25, -0.2) is 0 Å². The normalized spacial score (nSPS) is 12.6. The predicted molar refractivity (Wildman–Crippen MR) is 224 cm³/mol. The van der Waals surface area contributed by atoms with Crippen molar-refractivity contribution < 1.29 is 28.5 Å². The van der Waals surface area contributed by atoms with Crippen LogP contribution in [0.15, 0.2) is 152 Å². The summed E-state index contributed by atoms with van der Waals surface area (Å²) in [5.41, 5.74) is 3.61. The minimum atomic E-state index is -0.962. The Morgan fingerprint density at radius 1 is 0.576 bits per heavy atom. The lowest BCUT2D eigenvalue weighted by atomic mass is 9.72. The Morgan fingerprint density at radius 2 is 1.03 bits per heavy atom. The first-order valence-corrected chi connectivity index (χ1v) is 19.2. The summed E-state index contributed by atoms with van der Waals surface area (Å²) >= 11 is 0. The van der Waals surface area contributed by atoms with Crippen LogP contribution in [0, 0.1) is 29.1 Å². The molecule has 0 saturated heterocycles. The van der Waals surface area contributed by atoms with E-state index >= 15 is 0 Å². The molecule has 0 aromatic heterocycles. The molecular formula is C46H47N7O6. The minimum Gasteiger partial charge on any atom is -0.490 e. The van der Waals surface area contributed by atoms with Crippen molar-refractivity contribution in [1.29, 1.82) is 5.26 Å². The summed E-state index contributed by atoms with van der Waals surface area (Å²) in [6.07, 6.45) is 0.696. The average Bonchev–Trinajstić information content (AvgIpc) is 3.25. The predicted octanol–water partition coefficient (Wildman–Crippen LogP) is 12.5. The second kappa shape index (κ2) is 20.9. The maximum atomic E-state index is 13.3. The molecular weight excluding hydrogens is 747 g/mol. The van der Waals surface area contributed by atoms with Gasteiger partial charge in [-0.1, -0.05) is 25.1 Å². The molecule has 0 fully saturated rings. The van der Waals surface area contributed by atoms with E-state index in [0.29, 0.717) is 51.9 Å². The third-order valence-corrected chi connectivity index (χ3v) is 9.26. The third kappa shape index (κ3) is 13.2. The highest BCUT2D eigenvalue weighted by molar-refractivity contribution is 5.80. The Hall–Kier alpha value is -7.07. The second-order valence-corrected chi connectivity index (χ2v) is 14.5. The number of carbonyl (C=O) groups is 2. The van der Waals surface area contributed by atoms with E-state index < -0.39 is 22.8 Å². The lowest BCUT2D eigenvalue weighted by molar-refractivity contribution is -0.164. The van der Waals surface area contributed by atoms with Gasteiger partial charge in [0.1, 0.15) is 37.9 Å². The standard InChI is InChI=1S/C46H47N7O6/c1-6-46(5,32-45(3,4)43(54)58-28-26-56-41-23-20-39(21-24-41)51-49-36-14-12-34(31-47)13-15-36)44(55)59-29-27-57-42-25-22-40(30-33(42)2)53-52-38-18-16-37(17-19-38)50-48-35-10-8-7-9-11-35/h7-25,30H,6,26-29,32H2,1-5H3. The van der Waals surface area contributed by atoms with Gasteiger partial charge >= 0.3 is 11.9 Å². The number of ether oxygens (including phenoxy) is 4. The molecule has 0 N–H and O–H groups in total. The highest BCUT2D eigenvalue weighted by atomic mass is 16.6. The molecule has 59 heavy (non-hydrogen) atoms. The largest absolute Gasteiger partial charge is 0.490 e. The van der Waals surface area contributed by atoms with Gasteiger partial charge in [0.2, 0.25) is 0 Å². The van der Waals surface area contributed by atoms with Gasteiger partial charge in [-0.05, 0) is 149 Å². The monoisotopic (exact) mass is 793 g/mol. The van der Waals surface area contributed by atoms with Crippen molar-refractivity contribution >= 4 is 46.1 Å². The van der Waals surface area contributed by atoms with E-state index in [4.69, 9.17) is 24.2 Å². The summed E-state index contributed by atoms with van der Waals surface area (Å²) in [6, 6.07) is 38.2. The van der Waals surface area contributed by atoms with Crippen LogP contribution in [-0.2, 0) is 19.1 Å². The van der Waals surface area contributed by atoms with Crippen LogP contribution < -0.4 is 9.47 Å². The molecule has 0 bridgehead atoms. The molecule has 0 saturated carbocycles. The summed E-state index contributed by atoms with van der Waals surface area (Å²) in [5.74, 6) is 0.374. The highest BCUT2D eigenvalue weighted by Crippen LogP contribution is 2.38. The second-order valence-electron chi connectivity index (χ2n) is 14.5. The fourth-order valence-corrected chi connectivity index (χ4v) is 5.83. The number of nitriles is 1. The van der Waals surface area contributed by atoms with E-state index in [0.717, 1.165) is 11.3 Å². The van der Waals surface area contributed by atoms with Gasteiger partial charge in [-0.3, -0.25) is 9.59 Å². The van der Waals surface area contributed by atoms with Crippen LogP contribution in [0.1, 0.15) is 51.7 Å². The van der Waals surface area contributed by atoms with Crippen LogP contribution in [0.4, 0.5) is 34.1 Å². The maximum Gasteiger partial charge on any atom is 0.311 e. The summed E-state index contributed by atoms with van der Waals surface area (Å²) in [4.78, 5) is 26.4. The van der Waals surface area contributed by atoms with Gasteiger partial charge in [0, 0.05) is 0 Å². The Bertz CT molecular complexity index is 2290. The van der Waals surface area contributed by atoms with Crippen molar-refractivity contribution in [3.63, 3.8) is 0 Å². The van der Waals surface area contributed by atoms with Crippen LogP contribution in [0.2, 0.25) is 0 Å². The van der Waals surface area contributed by atoms with E-state index in [-0.39, 0.29) is 32.8 Å². The van der Waals surface area contributed by atoms with E-state index in [2.05, 4.69) is 36.8 Å². The molecule has 0 amide bonds. The van der Waals surface area contributed by atoms with Gasteiger partial charge < -0.3 is 18.9 Å². The van der Waals surface area contributed by atoms with Crippen molar-refractivity contribution in [1.82, 2.24) is 0 Å². The lowest BCUT2D eigenvalue weighted by Crippen LogP contribution is -2.39. The average molecular weight is 794 g/mol. The van der Waals surface area contributed by atoms with Crippen LogP contribution in [0.3, 0.4) is 0 Å². The van der Waals surface area contributed by atoms with Gasteiger partial charge in [-0.2, -0.15) is 35.9 Å². The van der Waals surface area contributed by atoms with E-state index in [9.17, 15) is 9.59 Å². The number of azo groups is 3. The molecule has 5 rings (SSSR count). The highest BCUT2D eigenvalue weighted by Gasteiger charge is 2.43. The minimum absolute atomic E-state index is 0.0357. The van der Waals surface area contributed by atoms with E-state index in [1.807, 2.05) is 74.5 Å².